The second-order valence-electron chi connectivity index (χ2n) is 6.98. The van der Waals surface area contributed by atoms with E-state index in [-0.39, 0.29) is 17.4 Å². The van der Waals surface area contributed by atoms with E-state index in [1.807, 2.05) is 31.2 Å². The van der Waals surface area contributed by atoms with Gasteiger partial charge in [-0.05, 0) is 37.0 Å². The molecule has 1 atom stereocenters. The van der Waals surface area contributed by atoms with Crippen molar-refractivity contribution in [3.8, 4) is 0 Å². The number of para-hydroxylation sites is 1. The fourth-order valence-electron chi connectivity index (χ4n) is 4.17. The summed E-state index contributed by atoms with van der Waals surface area (Å²) in [6.07, 6.45) is 2.06. The summed E-state index contributed by atoms with van der Waals surface area (Å²) in [7, 11) is 0. The lowest BCUT2D eigenvalue weighted by Gasteiger charge is -2.39. The number of likely N-dealkylation sites (tertiary alicyclic amines) is 1. The molecule has 0 aliphatic carbocycles. The van der Waals surface area contributed by atoms with Crippen molar-refractivity contribution in [2.75, 3.05) is 18.4 Å². The number of H-pyrrole nitrogens is 1. The van der Waals surface area contributed by atoms with Gasteiger partial charge in [0.05, 0.1) is 11.0 Å². The molecule has 26 heavy (non-hydrogen) atoms. The van der Waals surface area contributed by atoms with Crippen LogP contribution in [0.5, 0.6) is 0 Å². The van der Waals surface area contributed by atoms with Gasteiger partial charge in [-0.15, -0.1) is 0 Å². The van der Waals surface area contributed by atoms with Gasteiger partial charge in [0, 0.05) is 30.5 Å². The molecule has 1 unspecified atom stereocenters. The van der Waals surface area contributed by atoms with Crippen LogP contribution in [0.4, 0.5) is 5.69 Å². The fraction of sp³-hybridized carbons (Fsp3) is 0.350. The molecular formula is C20H21N3O3. The lowest BCUT2D eigenvalue weighted by atomic mass is 9.75. The molecule has 2 N–H and O–H groups in total. The number of nitrogens with zero attached hydrogens (tertiary/aromatic N) is 1. The van der Waals surface area contributed by atoms with Gasteiger partial charge < -0.3 is 15.2 Å². The van der Waals surface area contributed by atoms with Crippen molar-refractivity contribution >= 4 is 17.5 Å². The van der Waals surface area contributed by atoms with Gasteiger partial charge in [-0.3, -0.25) is 14.4 Å². The fourth-order valence-corrected chi connectivity index (χ4v) is 4.17. The SMILES string of the molecule is CCc1[nH]c(=O)ccc1C(=O)N1CCCC2(C1)C(=O)Nc1ccccc12. The van der Waals surface area contributed by atoms with Crippen molar-refractivity contribution in [3.05, 3.63) is 63.6 Å². The highest BCUT2D eigenvalue weighted by molar-refractivity contribution is 6.07. The van der Waals surface area contributed by atoms with Crippen LogP contribution < -0.4 is 10.9 Å². The van der Waals surface area contributed by atoms with Crippen molar-refractivity contribution in [2.24, 2.45) is 0 Å². The normalized spacial score (nSPS) is 21.6. The number of aryl methyl sites for hydroxylation is 1. The molecule has 2 aromatic rings. The van der Waals surface area contributed by atoms with E-state index in [0.717, 1.165) is 24.1 Å². The molecule has 0 bridgehead atoms. The number of hydrogen-bond acceptors (Lipinski definition) is 3. The van der Waals surface area contributed by atoms with Crippen molar-refractivity contribution in [3.63, 3.8) is 0 Å². The van der Waals surface area contributed by atoms with E-state index < -0.39 is 5.41 Å². The molecular weight excluding hydrogens is 330 g/mol. The maximum atomic E-state index is 13.1. The number of pyridine rings is 1. The molecule has 2 aliphatic rings. The first-order chi connectivity index (χ1) is 12.5. The van der Waals surface area contributed by atoms with Crippen molar-refractivity contribution in [1.29, 1.82) is 0 Å². The summed E-state index contributed by atoms with van der Waals surface area (Å²) in [5.41, 5.74) is 2.07. The van der Waals surface area contributed by atoms with Gasteiger partial charge in [0.25, 0.3) is 5.91 Å². The number of aromatic amines is 1. The molecule has 6 heteroatoms. The summed E-state index contributed by atoms with van der Waals surface area (Å²) < 4.78 is 0. The topological polar surface area (TPSA) is 82.3 Å². The zero-order valence-electron chi connectivity index (χ0n) is 14.7. The van der Waals surface area contributed by atoms with E-state index in [1.165, 1.54) is 6.07 Å². The van der Waals surface area contributed by atoms with Gasteiger partial charge >= 0.3 is 0 Å². The number of anilines is 1. The van der Waals surface area contributed by atoms with Crippen LogP contribution in [0.15, 0.2) is 41.2 Å². The first-order valence-electron chi connectivity index (χ1n) is 8.97. The Morgan fingerprint density at radius 2 is 2.00 bits per heavy atom. The standard InChI is InChI=1S/C20H21N3O3/c1-2-15-13(8-9-17(24)21-15)18(25)23-11-5-10-20(12-23)14-6-3-4-7-16(14)22-19(20)26/h3-4,6-9H,2,5,10-12H2,1H3,(H,21,24)(H,22,26). The molecule has 1 saturated heterocycles. The van der Waals surface area contributed by atoms with E-state index in [2.05, 4.69) is 10.3 Å². The summed E-state index contributed by atoms with van der Waals surface area (Å²) in [5.74, 6) is -0.164. The lowest BCUT2D eigenvalue weighted by Crippen LogP contribution is -2.52. The Bertz CT molecular complexity index is 949. The van der Waals surface area contributed by atoms with Crippen molar-refractivity contribution in [2.45, 2.75) is 31.6 Å². The molecule has 6 nitrogen and oxygen atoms in total. The van der Waals surface area contributed by atoms with Gasteiger partial charge in [0.15, 0.2) is 0 Å². The van der Waals surface area contributed by atoms with E-state index in [0.29, 0.717) is 30.8 Å². The number of hydrogen-bond donors (Lipinski definition) is 2. The third-order valence-corrected chi connectivity index (χ3v) is 5.49. The minimum Gasteiger partial charge on any atom is -0.337 e. The van der Waals surface area contributed by atoms with Crippen LogP contribution in [0.2, 0.25) is 0 Å². The second-order valence-corrected chi connectivity index (χ2v) is 6.98. The Balaban J connectivity index is 1.69. The van der Waals surface area contributed by atoms with Crippen LogP contribution in [0.1, 0.15) is 41.4 Å². The van der Waals surface area contributed by atoms with Gasteiger partial charge in [-0.1, -0.05) is 25.1 Å². The van der Waals surface area contributed by atoms with Crippen LogP contribution in [0.3, 0.4) is 0 Å². The van der Waals surface area contributed by atoms with Crippen LogP contribution in [-0.2, 0) is 16.6 Å². The predicted octanol–water partition coefficient (Wildman–Crippen LogP) is 2.06. The van der Waals surface area contributed by atoms with Crippen LogP contribution in [0.25, 0.3) is 0 Å². The van der Waals surface area contributed by atoms with Crippen LogP contribution in [-0.4, -0.2) is 34.8 Å². The predicted molar refractivity (Wildman–Crippen MR) is 98.3 cm³/mol. The smallest absolute Gasteiger partial charge is 0.255 e. The molecule has 2 aliphatic heterocycles. The number of carbonyl (C=O) groups is 2. The van der Waals surface area contributed by atoms with E-state index in [4.69, 9.17) is 0 Å². The second kappa shape index (κ2) is 6.12. The average Bonchev–Trinajstić information content (AvgIpc) is 2.92. The van der Waals surface area contributed by atoms with Gasteiger partial charge in [-0.25, -0.2) is 0 Å². The van der Waals surface area contributed by atoms with Gasteiger partial charge in [0.1, 0.15) is 0 Å². The summed E-state index contributed by atoms with van der Waals surface area (Å²) in [6, 6.07) is 10.7. The first-order valence-corrected chi connectivity index (χ1v) is 8.97. The highest BCUT2D eigenvalue weighted by Gasteiger charge is 2.49. The number of rotatable bonds is 2. The van der Waals surface area contributed by atoms with Crippen molar-refractivity contribution in [1.82, 2.24) is 9.88 Å². The van der Waals surface area contributed by atoms with E-state index in [1.54, 1.807) is 11.0 Å². The maximum absolute atomic E-state index is 13.1. The molecule has 0 radical (unpaired) electrons. The number of amides is 2. The number of piperidine rings is 1. The molecule has 3 heterocycles. The number of carbonyl (C=O) groups excluding carboxylic acids is 2. The minimum absolute atomic E-state index is 0.0339. The molecule has 2 amide bonds. The Hall–Kier alpha value is -2.89. The molecule has 0 saturated carbocycles. The Morgan fingerprint density at radius 1 is 1.19 bits per heavy atom. The average molecular weight is 351 g/mol. The monoisotopic (exact) mass is 351 g/mol. The number of fused-ring (bicyclic) bond motifs is 2. The summed E-state index contributed by atoms with van der Waals surface area (Å²) in [5, 5.41) is 2.96. The lowest BCUT2D eigenvalue weighted by molar-refractivity contribution is -0.122. The largest absolute Gasteiger partial charge is 0.337 e. The molecule has 1 fully saturated rings. The molecule has 1 spiro atoms. The zero-order chi connectivity index (χ0) is 18.3. The highest BCUT2D eigenvalue weighted by atomic mass is 16.2. The Labute approximate surface area is 151 Å². The Morgan fingerprint density at radius 3 is 2.81 bits per heavy atom. The van der Waals surface area contributed by atoms with Crippen molar-refractivity contribution < 1.29 is 9.59 Å². The third-order valence-electron chi connectivity index (χ3n) is 5.49. The summed E-state index contributed by atoms with van der Waals surface area (Å²) in [4.78, 5) is 42.0. The number of aromatic nitrogens is 1. The highest BCUT2D eigenvalue weighted by Crippen LogP contribution is 2.43. The quantitative estimate of drug-likeness (QED) is 0.869. The van der Waals surface area contributed by atoms with Crippen LogP contribution in [0, 0.1) is 0 Å². The number of benzene rings is 1. The zero-order valence-corrected chi connectivity index (χ0v) is 14.7. The minimum atomic E-state index is -0.681. The molecule has 1 aromatic heterocycles. The Kier molecular flexibility index (Phi) is 3.90. The van der Waals surface area contributed by atoms with Gasteiger partial charge in [-0.2, -0.15) is 0 Å². The molecule has 134 valence electrons. The summed E-state index contributed by atoms with van der Waals surface area (Å²) >= 11 is 0. The maximum Gasteiger partial charge on any atom is 0.255 e. The number of nitrogens with one attached hydrogen (secondary N) is 2. The molecule has 4 rings (SSSR count). The van der Waals surface area contributed by atoms with Gasteiger partial charge in [0.2, 0.25) is 11.5 Å². The first kappa shape index (κ1) is 16.6. The van der Waals surface area contributed by atoms with Crippen LogP contribution >= 0.6 is 0 Å². The third kappa shape index (κ3) is 2.44. The molecule has 1 aromatic carbocycles. The van der Waals surface area contributed by atoms with E-state index >= 15 is 0 Å². The van der Waals surface area contributed by atoms with E-state index in [9.17, 15) is 14.4 Å². The summed E-state index contributed by atoms with van der Waals surface area (Å²) in [6.45, 7) is 2.87.